The minimum Gasteiger partial charge on any atom is -0.0651 e. The maximum Gasteiger partial charge on any atom is 0.00662 e. The molecule has 0 heteroatoms. The lowest BCUT2D eigenvalue weighted by molar-refractivity contribution is 0.642. The molecule has 0 saturated carbocycles. The predicted octanol–water partition coefficient (Wildman–Crippen LogP) is 8.32. The van der Waals surface area contributed by atoms with Gasteiger partial charge in [-0.25, -0.2) is 0 Å². The van der Waals surface area contributed by atoms with Gasteiger partial charge < -0.3 is 0 Å². The van der Waals surface area contributed by atoms with Crippen LogP contribution >= 0.6 is 0 Å². The van der Waals surface area contributed by atoms with Gasteiger partial charge in [0, 0.05) is 11.8 Å². The van der Waals surface area contributed by atoms with Crippen molar-refractivity contribution >= 4 is 11.6 Å². The van der Waals surface area contributed by atoms with E-state index in [0.717, 1.165) is 0 Å². The highest BCUT2D eigenvalue weighted by Gasteiger charge is 2.34. The smallest absolute Gasteiger partial charge is 0.00662 e. The first-order valence-electron chi connectivity index (χ1n) is 11.8. The Balaban J connectivity index is 1.47. The minimum absolute atomic E-state index is 0.516. The Morgan fingerprint density at radius 1 is 0.806 bits per heavy atom. The molecule has 154 valence electrons. The number of allylic oxidation sites excluding steroid dienone is 3. The van der Waals surface area contributed by atoms with E-state index in [-0.39, 0.29) is 0 Å². The SMILES string of the molecule is CC1=Cc2c(cc3c(c2-c2ccccc2)CCC3)C1CC1C(C)=C(C)c2ccccc21. The van der Waals surface area contributed by atoms with Crippen LogP contribution in [0.5, 0.6) is 0 Å². The van der Waals surface area contributed by atoms with E-state index in [4.69, 9.17) is 0 Å². The van der Waals surface area contributed by atoms with Gasteiger partial charge in [-0.3, -0.25) is 0 Å². The molecule has 0 spiro atoms. The zero-order chi connectivity index (χ0) is 21.1. The molecule has 3 aromatic carbocycles. The summed E-state index contributed by atoms with van der Waals surface area (Å²) < 4.78 is 0. The van der Waals surface area contributed by atoms with Crippen LogP contribution in [0.2, 0.25) is 0 Å². The second-order valence-corrected chi connectivity index (χ2v) is 9.74. The quantitative estimate of drug-likeness (QED) is 0.413. The molecule has 0 saturated heterocycles. The molecule has 0 N–H and O–H groups in total. The fourth-order valence-corrected chi connectivity index (χ4v) is 6.44. The molecule has 3 aliphatic carbocycles. The number of aryl methyl sites for hydroxylation is 1. The maximum atomic E-state index is 2.58. The van der Waals surface area contributed by atoms with Crippen LogP contribution in [0, 0.1) is 0 Å². The van der Waals surface area contributed by atoms with E-state index < -0.39 is 0 Å². The minimum atomic E-state index is 0.516. The summed E-state index contributed by atoms with van der Waals surface area (Å²) in [5.74, 6) is 1.05. The first kappa shape index (κ1) is 18.9. The standard InChI is InChI=1S/C31H30/c1-19-16-30-29(17-23-12-9-15-25(23)31(30)22-10-5-4-6-11-22)27(19)18-28-21(3)20(2)24-13-7-8-14-26(24)28/h4-8,10-11,13-14,16-17,27-28H,9,12,15,18H2,1-3H3. The van der Waals surface area contributed by atoms with Crippen molar-refractivity contribution in [3.05, 3.63) is 105 Å². The van der Waals surface area contributed by atoms with E-state index in [0.29, 0.717) is 11.8 Å². The zero-order valence-electron chi connectivity index (χ0n) is 18.8. The van der Waals surface area contributed by atoms with Crippen LogP contribution in [-0.4, -0.2) is 0 Å². The predicted molar refractivity (Wildman–Crippen MR) is 132 cm³/mol. The van der Waals surface area contributed by atoms with Gasteiger partial charge in [0.05, 0.1) is 0 Å². The second-order valence-electron chi connectivity index (χ2n) is 9.74. The van der Waals surface area contributed by atoms with Crippen LogP contribution in [0.3, 0.4) is 0 Å². The molecule has 31 heavy (non-hydrogen) atoms. The van der Waals surface area contributed by atoms with Crippen molar-refractivity contribution in [1.82, 2.24) is 0 Å². The molecule has 0 radical (unpaired) electrons. The van der Waals surface area contributed by atoms with Crippen molar-refractivity contribution in [3.63, 3.8) is 0 Å². The van der Waals surface area contributed by atoms with Crippen LogP contribution in [0.1, 0.15) is 78.8 Å². The van der Waals surface area contributed by atoms with Crippen molar-refractivity contribution in [1.29, 1.82) is 0 Å². The molecule has 0 nitrogen and oxygen atoms in total. The molecular formula is C31H30. The van der Waals surface area contributed by atoms with Crippen LogP contribution in [-0.2, 0) is 12.8 Å². The van der Waals surface area contributed by atoms with Gasteiger partial charge in [-0.05, 0) is 96.5 Å². The van der Waals surface area contributed by atoms with E-state index in [1.54, 1.807) is 22.3 Å². The summed E-state index contributed by atoms with van der Waals surface area (Å²) in [5, 5.41) is 0. The zero-order valence-corrected chi connectivity index (χ0v) is 18.8. The fraction of sp³-hybridized carbons (Fsp3) is 0.290. The fourth-order valence-electron chi connectivity index (χ4n) is 6.44. The lowest BCUT2D eigenvalue weighted by Crippen LogP contribution is -2.07. The molecule has 6 rings (SSSR count). The summed E-state index contributed by atoms with van der Waals surface area (Å²) in [6, 6.07) is 22.7. The third-order valence-electron chi connectivity index (χ3n) is 8.16. The van der Waals surface area contributed by atoms with Gasteiger partial charge in [0.15, 0.2) is 0 Å². The van der Waals surface area contributed by atoms with Crippen molar-refractivity contribution in [2.75, 3.05) is 0 Å². The highest BCUT2D eigenvalue weighted by molar-refractivity contribution is 5.85. The van der Waals surface area contributed by atoms with Gasteiger partial charge >= 0.3 is 0 Å². The molecule has 0 fully saturated rings. The highest BCUT2D eigenvalue weighted by Crippen LogP contribution is 2.52. The van der Waals surface area contributed by atoms with E-state index in [1.165, 1.54) is 64.6 Å². The first-order chi connectivity index (χ1) is 15.1. The van der Waals surface area contributed by atoms with E-state index in [9.17, 15) is 0 Å². The number of benzene rings is 3. The monoisotopic (exact) mass is 402 g/mol. The number of hydrogen-bond acceptors (Lipinski definition) is 0. The average Bonchev–Trinajstić information content (AvgIpc) is 3.45. The maximum absolute atomic E-state index is 2.58. The second kappa shape index (κ2) is 7.09. The summed E-state index contributed by atoms with van der Waals surface area (Å²) in [5.41, 5.74) is 16.8. The van der Waals surface area contributed by atoms with Gasteiger partial charge in [0.2, 0.25) is 0 Å². The van der Waals surface area contributed by atoms with Crippen LogP contribution in [0.4, 0.5) is 0 Å². The molecule has 0 aliphatic heterocycles. The van der Waals surface area contributed by atoms with Gasteiger partial charge in [0.25, 0.3) is 0 Å². The van der Waals surface area contributed by atoms with Crippen molar-refractivity contribution < 1.29 is 0 Å². The van der Waals surface area contributed by atoms with Gasteiger partial charge in [-0.2, -0.15) is 0 Å². The number of hydrogen-bond donors (Lipinski definition) is 0. The van der Waals surface area contributed by atoms with Gasteiger partial charge in [0.1, 0.15) is 0 Å². The lowest BCUT2D eigenvalue weighted by atomic mass is 9.80. The summed E-state index contributed by atoms with van der Waals surface area (Å²) in [7, 11) is 0. The molecule has 2 unspecified atom stereocenters. The third-order valence-corrected chi connectivity index (χ3v) is 8.16. The lowest BCUT2D eigenvalue weighted by Gasteiger charge is -2.23. The Hall–Kier alpha value is -2.86. The Morgan fingerprint density at radius 2 is 1.58 bits per heavy atom. The third kappa shape index (κ3) is 2.81. The van der Waals surface area contributed by atoms with Crippen molar-refractivity contribution in [2.45, 2.75) is 58.3 Å². The van der Waals surface area contributed by atoms with Crippen molar-refractivity contribution in [3.8, 4) is 11.1 Å². The summed E-state index contributed by atoms with van der Waals surface area (Å²) in [6.07, 6.45) is 7.44. The topological polar surface area (TPSA) is 0 Å². The first-order valence-corrected chi connectivity index (χ1v) is 11.8. The molecule has 0 bridgehead atoms. The molecule has 0 heterocycles. The average molecular weight is 403 g/mol. The van der Waals surface area contributed by atoms with Crippen LogP contribution in [0.15, 0.2) is 71.8 Å². The largest absolute Gasteiger partial charge is 0.0651 e. The van der Waals surface area contributed by atoms with Gasteiger partial charge in [-0.15, -0.1) is 0 Å². The van der Waals surface area contributed by atoms with Crippen molar-refractivity contribution in [2.24, 2.45) is 0 Å². The summed E-state index contributed by atoms with van der Waals surface area (Å²) in [6.45, 7) is 7.02. The number of fused-ring (bicyclic) bond motifs is 3. The molecule has 3 aliphatic rings. The highest BCUT2D eigenvalue weighted by atomic mass is 14.4. The van der Waals surface area contributed by atoms with Crippen LogP contribution in [0.25, 0.3) is 22.8 Å². The molecule has 3 aromatic rings. The molecular weight excluding hydrogens is 372 g/mol. The van der Waals surface area contributed by atoms with Gasteiger partial charge in [-0.1, -0.05) is 77.9 Å². The normalized spacial score (nSPS) is 21.2. The van der Waals surface area contributed by atoms with E-state index in [1.807, 2.05) is 0 Å². The molecule has 2 atom stereocenters. The Morgan fingerprint density at radius 3 is 2.42 bits per heavy atom. The van der Waals surface area contributed by atoms with Crippen LogP contribution < -0.4 is 0 Å². The Labute approximate surface area is 186 Å². The Kier molecular flexibility index (Phi) is 4.32. The summed E-state index contributed by atoms with van der Waals surface area (Å²) in [4.78, 5) is 0. The van der Waals surface area contributed by atoms with E-state index >= 15 is 0 Å². The molecule has 0 amide bonds. The number of rotatable bonds is 3. The Bertz CT molecular complexity index is 1250. The summed E-state index contributed by atoms with van der Waals surface area (Å²) >= 11 is 0. The van der Waals surface area contributed by atoms with E-state index in [2.05, 4.69) is 87.5 Å². The molecule has 0 aromatic heterocycles.